The minimum Gasteiger partial charge on any atom is -0.480 e. The highest BCUT2D eigenvalue weighted by Crippen LogP contribution is 2.28. The molecule has 1 aliphatic carbocycles. The fraction of sp³-hybridized carbons (Fsp3) is 0.750. The first kappa shape index (κ1) is 15.3. The summed E-state index contributed by atoms with van der Waals surface area (Å²) in [7, 11) is 2.65. The molecule has 0 radical (unpaired) electrons. The van der Waals surface area contributed by atoms with E-state index in [4.69, 9.17) is 0 Å². The van der Waals surface area contributed by atoms with Crippen molar-refractivity contribution in [3.63, 3.8) is 0 Å². The lowest BCUT2D eigenvalue weighted by Crippen LogP contribution is -2.58. The average molecular weight is 272 g/mol. The molecule has 0 unspecified atom stereocenters. The molecule has 0 aromatic rings. The van der Waals surface area contributed by atoms with Gasteiger partial charge in [-0.15, -0.1) is 0 Å². The van der Waals surface area contributed by atoms with Gasteiger partial charge in [-0.3, -0.25) is 4.79 Å². The first-order chi connectivity index (χ1) is 8.91. The number of carbonyl (C=O) groups is 3. The van der Waals surface area contributed by atoms with Crippen LogP contribution in [-0.4, -0.2) is 54.2 Å². The zero-order valence-corrected chi connectivity index (χ0v) is 11.3. The molecular formula is C12H20N2O5. The van der Waals surface area contributed by atoms with Crippen molar-refractivity contribution in [1.29, 1.82) is 0 Å². The molecule has 2 amide bonds. The SMILES string of the molecule is COC(=O)CN(C)C(=O)NC1(C(=O)O)CCCCC1. The number of amides is 2. The predicted octanol–water partition coefficient (Wildman–Crippen LogP) is 0.588. The van der Waals surface area contributed by atoms with Crippen LogP contribution in [0.15, 0.2) is 0 Å². The molecule has 0 saturated heterocycles. The smallest absolute Gasteiger partial charge is 0.329 e. The van der Waals surface area contributed by atoms with Crippen LogP contribution in [0, 0.1) is 0 Å². The molecule has 1 aliphatic rings. The lowest BCUT2D eigenvalue weighted by atomic mass is 9.82. The number of nitrogens with zero attached hydrogens (tertiary/aromatic N) is 1. The molecule has 0 aromatic carbocycles. The van der Waals surface area contributed by atoms with E-state index >= 15 is 0 Å². The topological polar surface area (TPSA) is 95.9 Å². The molecule has 19 heavy (non-hydrogen) atoms. The lowest BCUT2D eigenvalue weighted by molar-refractivity contribution is -0.145. The molecule has 7 nitrogen and oxygen atoms in total. The molecule has 1 rings (SSSR count). The van der Waals surface area contributed by atoms with Crippen LogP contribution in [0.25, 0.3) is 0 Å². The number of carbonyl (C=O) groups excluding carboxylic acids is 2. The van der Waals surface area contributed by atoms with Gasteiger partial charge in [-0.1, -0.05) is 19.3 Å². The zero-order chi connectivity index (χ0) is 14.5. The van der Waals surface area contributed by atoms with Crippen LogP contribution in [-0.2, 0) is 14.3 Å². The minimum atomic E-state index is -1.21. The number of esters is 1. The Morgan fingerprint density at radius 2 is 1.84 bits per heavy atom. The quantitative estimate of drug-likeness (QED) is 0.730. The Kier molecular flexibility index (Phi) is 5.14. The maximum atomic E-state index is 11.9. The summed E-state index contributed by atoms with van der Waals surface area (Å²) in [6.45, 7) is -0.210. The second-order valence-corrected chi connectivity index (χ2v) is 4.81. The summed E-state index contributed by atoms with van der Waals surface area (Å²) in [5, 5.41) is 11.9. The predicted molar refractivity (Wildman–Crippen MR) is 66.6 cm³/mol. The van der Waals surface area contributed by atoms with E-state index in [0.717, 1.165) is 24.2 Å². The molecule has 0 atom stereocenters. The number of nitrogens with one attached hydrogen (secondary N) is 1. The second-order valence-electron chi connectivity index (χ2n) is 4.81. The van der Waals surface area contributed by atoms with Crippen LogP contribution in [0.3, 0.4) is 0 Å². The summed E-state index contributed by atoms with van der Waals surface area (Å²) in [5.74, 6) is -1.57. The van der Waals surface area contributed by atoms with E-state index in [1.54, 1.807) is 0 Å². The average Bonchev–Trinajstić information content (AvgIpc) is 2.39. The number of hydrogen-bond acceptors (Lipinski definition) is 4. The third-order valence-electron chi connectivity index (χ3n) is 3.40. The monoisotopic (exact) mass is 272 g/mol. The number of ether oxygens (including phenoxy) is 1. The van der Waals surface area contributed by atoms with Gasteiger partial charge < -0.3 is 20.1 Å². The fourth-order valence-electron chi connectivity index (χ4n) is 2.18. The van der Waals surface area contributed by atoms with Crippen LogP contribution in [0.1, 0.15) is 32.1 Å². The van der Waals surface area contributed by atoms with E-state index in [1.807, 2.05) is 0 Å². The Labute approximate surface area is 111 Å². The summed E-state index contributed by atoms with van der Waals surface area (Å²) in [6.07, 6.45) is 3.35. The van der Waals surface area contributed by atoms with Crippen molar-refractivity contribution < 1.29 is 24.2 Å². The number of carboxylic acids is 1. The molecule has 0 aliphatic heterocycles. The maximum Gasteiger partial charge on any atom is 0.329 e. The van der Waals surface area contributed by atoms with Crippen LogP contribution in [0.4, 0.5) is 4.79 Å². The Hall–Kier alpha value is -1.79. The number of methoxy groups -OCH3 is 1. The number of carboxylic acid groups (broad SMARTS) is 1. The number of urea groups is 1. The molecule has 0 bridgehead atoms. The molecule has 1 fully saturated rings. The summed E-state index contributed by atoms with van der Waals surface area (Å²) in [4.78, 5) is 35.5. The van der Waals surface area contributed by atoms with Crippen molar-refractivity contribution in [2.75, 3.05) is 20.7 Å². The third-order valence-corrected chi connectivity index (χ3v) is 3.40. The van der Waals surface area contributed by atoms with Crippen molar-refractivity contribution in [3.8, 4) is 0 Å². The molecule has 0 aromatic heterocycles. The van der Waals surface area contributed by atoms with Crippen molar-refractivity contribution in [1.82, 2.24) is 10.2 Å². The number of aliphatic carboxylic acids is 1. The van der Waals surface area contributed by atoms with E-state index in [-0.39, 0.29) is 6.54 Å². The van der Waals surface area contributed by atoms with Crippen LogP contribution >= 0.6 is 0 Å². The minimum absolute atomic E-state index is 0.210. The largest absolute Gasteiger partial charge is 0.480 e. The van der Waals surface area contributed by atoms with E-state index in [0.29, 0.717) is 12.8 Å². The van der Waals surface area contributed by atoms with Crippen molar-refractivity contribution in [2.24, 2.45) is 0 Å². The number of likely N-dealkylation sites (N-methyl/N-ethyl adjacent to an activating group) is 1. The highest BCUT2D eigenvalue weighted by atomic mass is 16.5. The van der Waals surface area contributed by atoms with E-state index in [1.165, 1.54) is 14.2 Å². The highest BCUT2D eigenvalue weighted by molar-refractivity contribution is 5.87. The fourth-order valence-corrected chi connectivity index (χ4v) is 2.18. The van der Waals surface area contributed by atoms with Crippen molar-refractivity contribution in [3.05, 3.63) is 0 Å². The maximum absolute atomic E-state index is 11.9. The Balaban J connectivity index is 2.66. The van der Waals surface area contributed by atoms with Crippen LogP contribution in [0.5, 0.6) is 0 Å². The van der Waals surface area contributed by atoms with Crippen LogP contribution in [0.2, 0.25) is 0 Å². The van der Waals surface area contributed by atoms with Crippen molar-refractivity contribution in [2.45, 2.75) is 37.6 Å². The van der Waals surface area contributed by atoms with E-state index in [2.05, 4.69) is 10.1 Å². The first-order valence-corrected chi connectivity index (χ1v) is 6.25. The normalized spacial score (nSPS) is 17.4. The molecule has 2 N–H and O–H groups in total. The number of hydrogen-bond donors (Lipinski definition) is 2. The second kappa shape index (κ2) is 6.40. The van der Waals surface area contributed by atoms with Gasteiger partial charge in [0.2, 0.25) is 0 Å². The Morgan fingerprint density at radius 3 is 2.32 bits per heavy atom. The first-order valence-electron chi connectivity index (χ1n) is 6.25. The highest BCUT2D eigenvalue weighted by Gasteiger charge is 2.41. The van der Waals surface area contributed by atoms with Gasteiger partial charge >= 0.3 is 18.0 Å². The van der Waals surface area contributed by atoms with Gasteiger partial charge in [-0.25, -0.2) is 9.59 Å². The van der Waals surface area contributed by atoms with Crippen LogP contribution < -0.4 is 5.32 Å². The van der Waals surface area contributed by atoms with E-state index in [9.17, 15) is 19.5 Å². The van der Waals surface area contributed by atoms with Gasteiger partial charge in [-0.2, -0.15) is 0 Å². The zero-order valence-electron chi connectivity index (χ0n) is 11.3. The van der Waals surface area contributed by atoms with Gasteiger partial charge in [0.15, 0.2) is 0 Å². The summed E-state index contributed by atoms with van der Waals surface area (Å²) in [5.41, 5.74) is -1.21. The van der Waals surface area contributed by atoms with Gasteiger partial charge in [0, 0.05) is 7.05 Å². The summed E-state index contributed by atoms with van der Waals surface area (Å²) in [6, 6.07) is -0.574. The number of rotatable bonds is 4. The standard InChI is InChI=1S/C12H20N2O5/c1-14(8-9(15)19-2)11(18)13-12(10(16)17)6-4-3-5-7-12/h3-8H2,1-2H3,(H,13,18)(H,16,17). The third kappa shape index (κ3) is 3.84. The summed E-state index contributed by atoms with van der Waals surface area (Å²) < 4.78 is 4.46. The lowest BCUT2D eigenvalue weighted by Gasteiger charge is -2.35. The van der Waals surface area contributed by atoms with Gasteiger partial charge in [-0.05, 0) is 12.8 Å². The van der Waals surface area contributed by atoms with E-state index < -0.39 is 23.5 Å². The summed E-state index contributed by atoms with van der Waals surface area (Å²) >= 11 is 0. The molecule has 1 saturated carbocycles. The molecule has 108 valence electrons. The molecule has 0 heterocycles. The van der Waals surface area contributed by atoms with Gasteiger partial charge in [0.05, 0.1) is 7.11 Å². The Bertz CT molecular complexity index is 363. The van der Waals surface area contributed by atoms with Gasteiger partial charge in [0.25, 0.3) is 0 Å². The molecular weight excluding hydrogens is 252 g/mol. The van der Waals surface area contributed by atoms with Crippen molar-refractivity contribution >= 4 is 18.0 Å². The Morgan fingerprint density at radius 1 is 1.26 bits per heavy atom. The van der Waals surface area contributed by atoms with Gasteiger partial charge in [0.1, 0.15) is 12.1 Å². The molecule has 7 heteroatoms. The molecule has 0 spiro atoms.